The first-order valence-electron chi connectivity index (χ1n) is 10.2. The minimum Gasteiger partial charge on any atom is -0.207 e. The van der Waals surface area contributed by atoms with Crippen molar-refractivity contribution in [3.8, 4) is 0 Å². The maximum absolute atomic E-state index is 13.7. The smallest absolute Gasteiger partial charge is 0.124 e. The van der Waals surface area contributed by atoms with Crippen molar-refractivity contribution in [2.24, 2.45) is 0 Å². The van der Waals surface area contributed by atoms with E-state index in [4.69, 9.17) is 11.6 Å². The molecular formula is C27H28ClF. The Morgan fingerprint density at radius 2 is 1.55 bits per heavy atom. The van der Waals surface area contributed by atoms with Gasteiger partial charge in [-0.25, -0.2) is 4.39 Å². The Labute approximate surface area is 179 Å². The minimum atomic E-state index is -0.316. The molecule has 0 radical (unpaired) electrons. The zero-order chi connectivity index (χ0) is 21.1. The molecule has 0 heterocycles. The van der Waals surface area contributed by atoms with E-state index in [0.29, 0.717) is 10.9 Å². The van der Waals surface area contributed by atoms with Crippen LogP contribution in [-0.4, -0.2) is 0 Å². The van der Waals surface area contributed by atoms with Crippen molar-refractivity contribution in [2.75, 3.05) is 0 Å². The van der Waals surface area contributed by atoms with Crippen LogP contribution in [-0.2, 0) is 0 Å². The summed E-state index contributed by atoms with van der Waals surface area (Å²) in [5.74, 6) is 0.165. The lowest BCUT2D eigenvalue weighted by molar-refractivity contribution is 0.628. The molecule has 0 bridgehead atoms. The van der Waals surface area contributed by atoms with Crippen LogP contribution >= 0.6 is 11.6 Å². The molecule has 0 saturated carbocycles. The van der Waals surface area contributed by atoms with Crippen LogP contribution in [0.4, 0.5) is 4.39 Å². The van der Waals surface area contributed by atoms with Gasteiger partial charge in [-0.2, -0.15) is 0 Å². The Hall–Kier alpha value is -2.38. The number of rotatable bonds is 5. The second kappa shape index (κ2) is 8.97. The summed E-state index contributed by atoms with van der Waals surface area (Å²) in [4.78, 5) is 0. The van der Waals surface area contributed by atoms with Crippen molar-refractivity contribution in [2.45, 2.75) is 47.0 Å². The molecule has 0 unspecified atom stereocenters. The number of allylic oxidation sites excluding steroid dienone is 1. The average Bonchev–Trinajstić information content (AvgIpc) is 2.68. The largest absolute Gasteiger partial charge is 0.207 e. The summed E-state index contributed by atoms with van der Waals surface area (Å²) >= 11 is 6.48. The summed E-state index contributed by atoms with van der Waals surface area (Å²) < 4.78 is 13.7. The standard InChI is InChI=1S/C27H28ClF/c1-6-23(25-14-12-22(29)16-26(25)28)27(24-13-7-18(4)15-19(24)5)21-10-8-20(9-11-21)17(2)3/h7-17H,6H2,1-5H3/b27-23+. The Morgan fingerprint density at radius 1 is 0.897 bits per heavy atom. The average molecular weight is 407 g/mol. The van der Waals surface area contributed by atoms with Crippen molar-refractivity contribution >= 4 is 22.7 Å². The summed E-state index contributed by atoms with van der Waals surface area (Å²) in [6.45, 7) is 10.8. The van der Waals surface area contributed by atoms with Crippen LogP contribution in [0.5, 0.6) is 0 Å². The van der Waals surface area contributed by atoms with Gasteiger partial charge in [-0.1, -0.05) is 86.5 Å². The van der Waals surface area contributed by atoms with Crippen LogP contribution in [0.2, 0.25) is 5.02 Å². The van der Waals surface area contributed by atoms with Gasteiger partial charge in [-0.3, -0.25) is 0 Å². The molecule has 0 spiro atoms. The van der Waals surface area contributed by atoms with E-state index in [1.54, 1.807) is 6.07 Å². The molecule has 0 amide bonds. The Balaban J connectivity index is 2.32. The lowest BCUT2D eigenvalue weighted by atomic mass is 9.85. The fraction of sp³-hybridized carbons (Fsp3) is 0.259. The molecule has 0 aliphatic heterocycles. The second-order valence-electron chi connectivity index (χ2n) is 7.93. The van der Waals surface area contributed by atoms with Gasteiger partial charge in [0.1, 0.15) is 5.82 Å². The van der Waals surface area contributed by atoms with Gasteiger partial charge >= 0.3 is 0 Å². The molecule has 2 heteroatoms. The van der Waals surface area contributed by atoms with Gasteiger partial charge < -0.3 is 0 Å². The maximum atomic E-state index is 13.7. The molecule has 0 N–H and O–H groups in total. The van der Waals surface area contributed by atoms with E-state index in [0.717, 1.165) is 28.7 Å². The molecule has 0 nitrogen and oxygen atoms in total. The van der Waals surface area contributed by atoms with Gasteiger partial charge in [0.25, 0.3) is 0 Å². The first-order chi connectivity index (χ1) is 13.8. The fourth-order valence-electron chi connectivity index (χ4n) is 3.86. The summed E-state index contributed by atoms with van der Waals surface area (Å²) in [5, 5.41) is 0.447. The highest BCUT2D eigenvalue weighted by Crippen LogP contribution is 2.38. The van der Waals surface area contributed by atoms with E-state index in [1.807, 2.05) is 0 Å². The Bertz CT molecular complexity index is 1040. The van der Waals surface area contributed by atoms with Crippen molar-refractivity contribution in [1.29, 1.82) is 0 Å². The van der Waals surface area contributed by atoms with Gasteiger partial charge in [0.05, 0.1) is 5.02 Å². The summed E-state index contributed by atoms with van der Waals surface area (Å²) in [6, 6.07) is 20.0. The minimum absolute atomic E-state index is 0.316. The van der Waals surface area contributed by atoms with Crippen molar-refractivity contribution < 1.29 is 4.39 Å². The molecule has 3 aromatic rings. The van der Waals surface area contributed by atoms with E-state index in [2.05, 4.69) is 77.1 Å². The van der Waals surface area contributed by atoms with Crippen LogP contribution in [0, 0.1) is 19.7 Å². The zero-order valence-corrected chi connectivity index (χ0v) is 18.6. The van der Waals surface area contributed by atoms with Crippen LogP contribution in [0.3, 0.4) is 0 Å². The first-order valence-corrected chi connectivity index (χ1v) is 10.6. The Kier molecular flexibility index (Phi) is 6.59. The van der Waals surface area contributed by atoms with Gasteiger partial charge in [0, 0.05) is 0 Å². The number of halogens is 2. The normalized spacial score (nSPS) is 12.3. The molecule has 0 aliphatic carbocycles. The number of hydrogen-bond donors (Lipinski definition) is 0. The summed E-state index contributed by atoms with van der Waals surface area (Å²) in [5.41, 5.74) is 9.28. The van der Waals surface area contributed by atoms with E-state index in [1.165, 1.54) is 34.4 Å². The second-order valence-corrected chi connectivity index (χ2v) is 8.33. The molecule has 0 aromatic heterocycles. The quantitative estimate of drug-likeness (QED) is 0.372. The topological polar surface area (TPSA) is 0 Å². The van der Waals surface area contributed by atoms with Crippen LogP contribution in [0.25, 0.3) is 11.1 Å². The molecule has 0 fully saturated rings. The molecule has 29 heavy (non-hydrogen) atoms. The van der Waals surface area contributed by atoms with Gasteiger partial charge in [-0.15, -0.1) is 0 Å². The first kappa shape index (κ1) is 21.3. The molecule has 3 rings (SSSR count). The molecule has 3 aromatic carbocycles. The van der Waals surface area contributed by atoms with Gasteiger partial charge in [0.15, 0.2) is 0 Å². The SMILES string of the molecule is CC/C(=C(/c1ccc(C(C)C)cc1)c1ccc(C)cc1C)c1ccc(F)cc1Cl. The molecular weight excluding hydrogens is 379 g/mol. The Morgan fingerprint density at radius 3 is 2.10 bits per heavy atom. The molecule has 0 aliphatic rings. The van der Waals surface area contributed by atoms with Gasteiger partial charge in [0.2, 0.25) is 0 Å². The zero-order valence-electron chi connectivity index (χ0n) is 17.8. The number of hydrogen-bond acceptors (Lipinski definition) is 0. The van der Waals surface area contributed by atoms with E-state index in [9.17, 15) is 4.39 Å². The van der Waals surface area contributed by atoms with Gasteiger partial charge in [-0.05, 0) is 77.3 Å². The van der Waals surface area contributed by atoms with Crippen molar-refractivity contribution in [1.82, 2.24) is 0 Å². The monoisotopic (exact) mass is 406 g/mol. The third kappa shape index (κ3) is 4.62. The third-order valence-electron chi connectivity index (χ3n) is 5.43. The van der Waals surface area contributed by atoms with E-state index >= 15 is 0 Å². The van der Waals surface area contributed by atoms with Crippen molar-refractivity contribution in [3.63, 3.8) is 0 Å². The lowest BCUT2D eigenvalue weighted by Gasteiger charge is -2.20. The van der Waals surface area contributed by atoms with Crippen LogP contribution in [0.1, 0.15) is 66.5 Å². The lowest BCUT2D eigenvalue weighted by Crippen LogP contribution is -1.99. The highest BCUT2D eigenvalue weighted by molar-refractivity contribution is 6.32. The highest BCUT2D eigenvalue weighted by atomic mass is 35.5. The summed E-state index contributed by atoms with van der Waals surface area (Å²) in [7, 11) is 0. The van der Waals surface area contributed by atoms with E-state index in [-0.39, 0.29) is 5.82 Å². The van der Waals surface area contributed by atoms with Crippen LogP contribution in [0.15, 0.2) is 60.7 Å². The van der Waals surface area contributed by atoms with Crippen LogP contribution < -0.4 is 0 Å². The predicted molar refractivity (Wildman–Crippen MR) is 124 cm³/mol. The number of aryl methyl sites for hydroxylation is 2. The third-order valence-corrected chi connectivity index (χ3v) is 5.74. The molecule has 150 valence electrons. The highest BCUT2D eigenvalue weighted by Gasteiger charge is 2.17. The summed E-state index contributed by atoms with van der Waals surface area (Å²) in [6.07, 6.45) is 0.792. The van der Waals surface area contributed by atoms with E-state index < -0.39 is 0 Å². The van der Waals surface area contributed by atoms with Crippen molar-refractivity contribution in [3.05, 3.63) is 105 Å². The fourth-order valence-corrected chi connectivity index (χ4v) is 4.14. The molecule has 0 atom stereocenters. The molecule has 0 saturated heterocycles. The maximum Gasteiger partial charge on any atom is 0.124 e. The predicted octanol–water partition coefficient (Wildman–Crippen LogP) is 8.59. The number of benzene rings is 3.